The van der Waals surface area contributed by atoms with Gasteiger partial charge in [0.1, 0.15) is 24.6 Å². The van der Waals surface area contributed by atoms with Crippen LogP contribution in [0, 0.1) is 5.41 Å². The van der Waals surface area contributed by atoms with Crippen molar-refractivity contribution in [2.24, 2.45) is 5.41 Å². The summed E-state index contributed by atoms with van der Waals surface area (Å²) in [6, 6.07) is 0. The van der Waals surface area contributed by atoms with Crippen LogP contribution in [0.1, 0.15) is 33.4 Å². The lowest BCUT2D eigenvalue weighted by Crippen LogP contribution is -2.33. The Morgan fingerprint density at radius 1 is 1.20 bits per heavy atom. The first kappa shape index (κ1) is 18.0. The molecule has 2 aromatic heterocycles. The summed E-state index contributed by atoms with van der Waals surface area (Å²) < 4.78 is 7.10. The number of aliphatic hydroxyl groups is 3. The van der Waals surface area contributed by atoms with Crippen molar-refractivity contribution in [1.82, 2.24) is 19.5 Å². The molecule has 1 saturated heterocycles. The van der Waals surface area contributed by atoms with Gasteiger partial charge in [-0.05, 0) is 11.8 Å². The molecule has 0 bridgehead atoms. The van der Waals surface area contributed by atoms with E-state index in [4.69, 9.17) is 4.74 Å². The average molecular weight is 351 g/mol. The van der Waals surface area contributed by atoms with Gasteiger partial charge >= 0.3 is 0 Å². The van der Waals surface area contributed by atoms with E-state index in [1.807, 2.05) is 0 Å². The number of hydrogen-bond donors (Lipinski definition) is 4. The third-order valence-corrected chi connectivity index (χ3v) is 4.32. The largest absolute Gasteiger partial charge is 0.394 e. The minimum absolute atomic E-state index is 0.204. The van der Waals surface area contributed by atoms with Crippen molar-refractivity contribution in [3.8, 4) is 0 Å². The van der Waals surface area contributed by atoms with E-state index in [-0.39, 0.29) is 12.0 Å². The first-order chi connectivity index (χ1) is 11.8. The zero-order valence-corrected chi connectivity index (χ0v) is 14.6. The van der Waals surface area contributed by atoms with Crippen molar-refractivity contribution in [1.29, 1.82) is 0 Å². The summed E-state index contributed by atoms with van der Waals surface area (Å²) in [5.74, 6) is 0.611. The van der Waals surface area contributed by atoms with Gasteiger partial charge in [0.25, 0.3) is 0 Å². The van der Waals surface area contributed by atoms with Crippen LogP contribution in [-0.4, -0.2) is 66.3 Å². The maximum absolute atomic E-state index is 10.2. The fourth-order valence-electron chi connectivity index (χ4n) is 2.83. The van der Waals surface area contributed by atoms with Crippen LogP contribution in [0.2, 0.25) is 0 Å². The number of rotatable bonds is 5. The van der Waals surface area contributed by atoms with Gasteiger partial charge in [-0.15, -0.1) is 0 Å². The lowest BCUT2D eigenvalue weighted by atomic mass is 9.92. The van der Waals surface area contributed by atoms with Crippen LogP contribution in [0.4, 0.5) is 5.82 Å². The Hall–Kier alpha value is -1.81. The van der Waals surface area contributed by atoms with Crippen LogP contribution in [0.5, 0.6) is 0 Å². The Labute approximate surface area is 145 Å². The Balaban J connectivity index is 1.84. The molecule has 25 heavy (non-hydrogen) atoms. The zero-order chi connectivity index (χ0) is 18.2. The third kappa shape index (κ3) is 3.59. The van der Waals surface area contributed by atoms with Crippen molar-refractivity contribution < 1.29 is 20.1 Å². The van der Waals surface area contributed by atoms with E-state index in [0.29, 0.717) is 17.0 Å². The highest BCUT2D eigenvalue weighted by atomic mass is 16.6. The molecule has 0 amide bonds. The summed E-state index contributed by atoms with van der Waals surface area (Å²) in [6.45, 7) is 6.87. The van der Waals surface area contributed by atoms with Crippen molar-refractivity contribution >= 4 is 17.0 Å². The first-order valence-electron chi connectivity index (χ1n) is 8.35. The predicted octanol–water partition coefficient (Wildman–Crippen LogP) is 0.286. The van der Waals surface area contributed by atoms with Gasteiger partial charge in [-0.2, -0.15) is 0 Å². The molecule has 9 nitrogen and oxygen atoms in total. The normalized spacial score (nSPS) is 27.1. The van der Waals surface area contributed by atoms with Gasteiger partial charge in [0.15, 0.2) is 23.2 Å². The topological polar surface area (TPSA) is 126 Å². The quantitative estimate of drug-likeness (QED) is 0.605. The van der Waals surface area contributed by atoms with E-state index >= 15 is 0 Å². The Morgan fingerprint density at radius 3 is 2.60 bits per heavy atom. The molecule has 3 rings (SSSR count). The van der Waals surface area contributed by atoms with E-state index in [0.717, 1.165) is 13.0 Å². The molecule has 3 heterocycles. The summed E-state index contributed by atoms with van der Waals surface area (Å²) >= 11 is 0. The van der Waals surface area contributed by atoms with Crippen LogP contribution in [0.15, 0.2) is 12.7 Å². The van der Waals surface area contributed by atoms with Crippen LogP contribution >= 0.6 is 0 Å². The number of anilines is 1. The van der Waals surface area contributed by atoms with Gasteiger partial charge < -0.3 is 25.4 Å². The van der Waals surface area contributed by atoms with Crippen molar-refractivity contribution in [2.45, 2.75) is 51.7 Å². The molecule has 4 atom stereocenters. The molecule has 0 radical (unpaired) electrons. The predicted molar refractivity (Wildman–Crippen MR) is 90.9 cm³/mol. The Bertz CT molecular complexity index is 729. The van der Waals surface area contributed by atoms with Crippen LogP contribution in [-0.2, 0) is 4.74 Å². The minimum atomic E-state index is -1.18. The molecule has 0 aliphatic carbocycles. The monoisotopic (exact) mass is 351 g/mol. The fourth-order valence-corrected chi connectivity index (χ4v) is 2.83. The Morgan fingerprint density at radius 2 is 1.96 bits per heavy atom. The molecule has 4 N–H and O–H groups in total. The number of aliphatic hydroxyl groups excluding tert-OH is 3. The molecule has 2 aromatic rings. The van der Waals surface area contributed by atoms with E-state index in [1.165, 1.54) is 12.7 Å². The number of hydrogen-bond acceptors (Lipinski definition) is 8. The smallest absolute Gasteiger partial charge is 0.167 e. The van der Waals surface area contributed by atoms with Gasteiger partial charge in [-0.25, -0.2) is 15.0 Å². The molecule has 0 aromatic carbocycles. The van der Waals surface area contributed by atoms with Crippen molar-refractivity contribution in [3.63, 3.8) is 0 Å². The second-order valence-electron chi connectivity index (χ2n) is 7.51. The van der Waals surface area contributed by atoms with Gasteiger partial charge in [0, 0.05) is 6.54 Å². The van der Waals surface area contributed by atoms with E-state index in [9.17, 15) is 15.3 Å². The number of nitrogens with zero attached hydrogens (tertiary/aromatic N) is 4. The van der Waals surface area contributed by atoms with Gasteiger partial charge in [0.2, 0.25) is 0 Å². The number of nitrogens with one attached hydrogen (secondary N) is 1. The molecule has 1 fully saturated rings. The average Bonchev–Trinajstić information content (AvgIpc) is 3.09. The standard InChI is InChI=1S/C16H25N5O4/c1-16(2,3)4-5-17-13-10-14(19-7-18-13)21(8-20-10)15-12(24)11(23)9(6-22)25-15/h7-9,11-12,15,22-24H,4-6H2,1-3H3,(H,17,18,19). The van der Waals surface area contributed by atoms with Crippen molar-refractivity contribution in [3.05, 3.63) is 12.7 Å². The molecule has 9 heteroatoms. The second-order valence-corrected chi connectivity index (χ2v) is 7.51. The molecule has 1 aliphatic heterocycles. The maximum Gasteiger partial charge on any atom is 0.167 e. The van der Waals surface area contributed by atoms with Crippen LogP contribution in [0.3, 0.4) is 0 Å². The molecule has 1 aliphatic rings. The highest BCUT2D eigenvalue weighted by molar-refractivity contribution is 5.82. The SMILES string of the molecule is CC(C)(C)CCNc1ncnc2c1ncn2C1OC(CO)C(O)C1O. The molecular formula is C16H25N5O4. The lowest BCUT2D eigenvalue weighted by Gasteiger charge is -2.18. The summed E-state index contributed by atoms with van der Waals surface area (Å²) in [4.78, 5) is 12.8. The van der Waals surface area contributed by atoms with E-state index in [1.54, 1.807) is 4.57 Å². The molecule has 4 unspecified atom stereocenters. The van der Waals surface area contributed by atoms with Gasteiger partial charge in [-0.3, -0.25) is 4.57 Å². The van der Waals surface area contributed by atoms with Crippen LogP contribution < -0.4 is 5.32 Å². The molecular weight excluding hydrogens is 326 g/mol. The highest BCUT2D eigenvalue weighted by Gasteiger charge is 2.44. The molecule has 0 saturated carbocycles. The van der Waals surface area contributed by atoms with Gasteiger partial charge in [0.05, 0.1) is 12.9 Å². The number of fused-ring (bicyclic) bond motifs is 1. The van der Waals surface area contributed by atoms with Gasteiger partial charge in [-0.1, -0.05) is 20.8 Å². The first-order valence-corrected chi connectivity index (χ1v) is 8.35. The second kappa shape index (κ2) is 6.83. The summed E-state index contributed by atoms with van der Waals surface area (Å²) in [6.07, 6.45) is -0.178. The van der Waals surface area contributed by atoms with Crippen LogP contribution in [0.25, 0.3) is 11.2 Å². The zero-order valence-electron chi connectivity index (χ0n) is 14.6. The minimum Gasteiger partial charge on any atom is -0.394 e. The summed E-state index contributed by atoms with van der Waals surface area (Å²) in [7, 11) is 0. The van der Waals surface area contributed by atoms with E-state index in [2.05, 4.69) is 41.0 Å². The number of ether oxygens (including phenoxy) is 1. The molecule has 138 valence electrons. The summed E-state index contributed by atoms with van der Waals surface area (Å²) in [5.41, 5.74) is 1.26. The van der Waals surface area contributed by atoms with E-state index < -0.39 is 24.5 Å². The number of imidazole rings is 1. The Kier molecular flexibility index (Phi) is 4.92. The highest BCUT2D eigenvalue weighted by Crippen LogP contribution is 2.32. The molecule has 0 spiro atoms. The third-order valence-electron chi connectivity index (χ3n) is 4.32. The maximum atomic E-state index is 10.2. The number of aromatic nitrogens is 4. The lowest BCUT2D eigenvalue weighted by molar-refractivity contribution is -0.0511. The summed E-state index contributed by atoms with van der Waals surface area (Å²) in [5, 5.41) is 32.6. The fraction of sp³-hybridized carbons (Fsp3) is 0.688. The van der Waals surface area contributed by atoms with Crippen molar-refractivity contribution in [2.75, 3.05) is 18.5 Å².